The summed E-state index contributed by atoms with van der Waals surface area (Å²) in [6, 6.07) is 7.52. The van der Waals surface area contributed by atoms with Crippen LogP contribution in [-0.2, 0) is 5.41 Å². The predicted molar refractivity (Wildman–Crippen MR) is 142 cm³/mol. The van der Waals surface area contributed by atoms with Crippen LogP contribution in [0.3, 0.4) is 0 Å². The van der Waals surface area contributed by atoms with Crippen LogP contribution in [0.4, 0.5) is 0 Å². The average Bonchev–Trinajstić information content (AvgIpc) is 2.65. The zero-order chi connectivity index (χ0) is 23.3. The topological polar surface area (TPSA) is 18.5 Å². The first kappa shape index (κ1) is 27.4. The van der Waals surface area contributed by atoms with E-state index in [4.69, 9.17) is 55.9 Å². The van der Waals surface area contributed by atoms with Crippen LogP contribution >= 0.6 is 78.3 Å². The van der Waals surface area contributed by atoms with Crippen molar-refractivity contribution < 1.29 is 9.47 Å². The standard InChI is InChI=1S/C23H26Br2Cl4O2/c1-13(24)5-7-30-21-17(26)9-15(10-18(21)27)23(3,4)16-11-19(28)22(20(29)12-16)31-8-6-14(2)25/h9-14H,5-8H2,1-4H3. The highest BCUT2D eigenvalue weighted by atomic mass is 79.9. The molecule has 0 spiro atoms. The van der Waals surface area contributed by atoms with E-state index in [-0.39, 0.29) is 0 Å². The lowest BCUT2D eigenvalue weighted by Gasteiger charge is -2.28. The molecule has 2 rings (SSSR count). The Hall–Kier alpha value is 0.160. The Kier molecular flexibility index (Phi) is 10.6. The molecule has 2 unspecified atom stereocenters. The molecule has 0 radical (unpaired) electrons. The Labute approximate surface area is 222 Å². The lowest BCUT2D eigenvalue weighted by molar-refractivity contribution is 0.312. The predicted octanol–water partition coefficient (Wildman–Crippen LogP) is 9.73. The van der Waals surface area contributed by atoms with Crippen molar-refractivity contribution in [2.24, 2.45) is 0 Å². The van der Waals surface area contributed by atoms with Crippen molar-refractivity contribution in [2.75, 3.05) is 13.2 Å². The molecule has 0 amide bonds. The highest BCUT2D eigenvalue weighted by molar-refractivity contribution is 9.09. The minimum Gasteiger partial charge on any atom is -0.490 e. The Bertz CT molecular complexity index is 784. The fourth-order valence-corrected chi connectivity index (χ4v) is 4.50. The fraction of sp³-hybridized carbons (Fsp3) is 0.478. The molecule has 2 atom stereocenters. The first-order valence-electron chi connectivity index (χ1n) is 9.96. The Morgan fingerprint density at radius 1 is 0.710 bits per heavy atom. The molecule has 0 aromatic heterocycles. The molecular weight excluding hydrogens is 610 g/mol. The van der Waals surface area contributed by atoms with Crippen LogP contribution in [-0.4, -0.2) is 22.9 Å². The Morgan fingerprint density at radius 3 is 1.26 bits per heavy atom. The van der Waals surface area contributed by atoms with Gasteiger partial charge in [0.05, 0.1) is 33.3 Å². The minimum atomic E-state index is -0.452. The van der Waals surface area contributed by atoms with Crippen molar-refractivity contribution in [3.63, 3.8) is 0 Å². The number of alkyl halides is 2. The van der Waals surface area contributed by atoms with Crippen LogP contribution in [0.2, 0.25) is 20.1 Å². The number of hydrogen-bond acceptors (Lipinski definition) is 2. The van der Waals surface area contributed by atoms with Gasteiger partial charge in [0.2, 0.25) is 0 Å². The van der Waals surface area contributed by atoms with Crippen LogP contribution in [0, 0.1) is 0 Å². The van der Waals surface area contributed by atoms with Crippen molar-refractivity contribution >= 4 is 78.3 Å². The number of hydrogen-bond donors (Lipinski definition) is 0. The second-order valence-corrected chi connectivity index (χ2v) is 12.8. The third kappa shape index (κ3) is 7.58. The number of benzene rings is 2. The summed E-state index contributed by atoms with van der Waals surface area (Å²) in [6.45, 7) is 9.30. The summed E-state index contributed by atoms with van der Waals surface area (Å²) in [7, 11) is 0. The van der Waals surface area contributed by atoms with Gasteiger partial charge in [-0.25, -0.2) is 0 Å². The molecular formula is C23H26Br2Cl4O2. The summed E-state index contributed by atoms with van der Waals surface area (Å²) < 4.78 is 11.6. The molecule has 0 bridgehead atoms. The van der Waals surface area contributed by atoms with E-state index in [2.05, 4.69) is 59.6 Å². The zero-order valence-electron chi connectivity index (χ0n) is 17.9. The van der Waals surface area contributed by atoms with E-state index in [1.165, 1.54) is 0 Å². The van der Waals surface area contributed by atoms with E-state index in [0.717, 1.165) is 24.0 Å². The van der Waals surface area contributed by atoms with Gasteiger partial charge in [-0.05, 0) is 48.2 Å². The molecule has 0 N–H and O–H groups in total. The molecule has 0 aliphatic heterocycles. The number of rotatable bonds is 10. The van der Waals surface area contributed by atoms with Crippen molar-refractivity contribution in [3.8, 4) is 11.5 Å². The van der Waals surface area contributed by atoms with E-state index >= 15 is 0 Å². The molecule has 2 aromatic rings. The summed E-state index contributed by atoms with van der Waals surface area (Å²) in [5.41, 5.74) is 1.40. The molecule has 31 heavy (non-hydrogen) atoms. The van der Waals surface area contributed by atoms with Gasteiger partial charge in [0, 0.05) is 15.1 Å². The lowest BCUT2D eigenvalue weighted by atomic mass is 9.78. The molecule has 0 aliphatic carbocycles. The summed E-state index contributed by atoms with van der Waals surface area (Å²) in [4.78, 5) is 0.708. The monoisotopic (exact) mass is 632 g/mol. The van der Waals surface area contributed by atoms with Gasteiger partial charge in [-0.15, -0.1) is 0 Å². The molecule has 0 saturated carbocycles. The molecule has 0 aliphatic rings. The summed E-state index contributed by atoms with van der Waals surface area (Å²) >= 11 is 33.1. The third-order valence-electron chi connectivity index (χ3n) is 4.96. The molecule has 0 fully saturated rings. The van der Waals surface area contributed by atoms with Crippen LogP contribution in [0.5, 0.6) is 11.5 Å². The van der Waals surface area contributed by atoms with Crippen molar-refractivity contribution in [3.05, 3.63) is 55.5 Å². The second kappa shape index (κ2) is 12.0. The first-order chi connectivity index (χ1) is 14.4. The Morgan fingerprint density at radius 2 is 1.00 bits per heavy atom. The van der Waals surface area contributed by atoms with Gasteiger partial charge in [-0.3, -0.25) is 0 Å². The van der Waals surface area contributed by atoms with Gasteiger partial charge in [-0.1, -0.05) is 106 Å². The van der Waals surface area contributed by atoms with Crippen molar-refractivity contribution in [1.82, 2.24) is 0 Å². The maximum absolute atomic E-state index is 6.52. The third-order valence-corrected chi connectivity index (χ3v) is 7.00. The number of halogens is 6. The first-order valence-corrected chi connectivity index (χ1v) is 13.3. The van der Waals surface area contributed by atoms with Crippen LogP contribution in [0.25, 0.3) is 0 Å². The van der Waals surface area contributed by atoms with Gasteiger partial charge in [0.25, 0.3) is 0 Å². The smallest absolute Gasteiger partial charge is 0.156 e. The van der Waals surface area contributed by atoms with Crippen molar-refractivity contribution in [1.29, 1.82) is 0 Å². The lowest BCUT2D eigenvalue weighted by Crippen LogP contribution is -2.19. The molecule has 172 valence electrons. The van der Waals surface area contributed by atoms with Gasteiger partial charge < -0.3 is 9.47 Å². The van der Waals surface area contributed by atoms with E-state index in [1.54, 1.807) is 0 Å². The van der Waals surface area contributed by atoms with Gasteiger partial charge in [0.15, 0.2) is 11.5 Å². The van der Waals surface area contributed by atoms with E-state index in [1.807, 2.05) is 24.3 Å². The van der Waals surface area contributed by atoms with Gasteiger partial charge in [-0.2, -0.15) is 0 Å². The van der Waals surface area contributed by atoms with E-state index in [0.29, 0.717) is 54.5 Å². The molecule has 2 nitrogen and oxygen atoms in total. The average molecular weight is 636 g/mol. The minimum absolute atomic E-state index is 0.354. The van der Waals surface area contributed by atoms with E-state index < -0.39 is 5.41 Å². The summed E-state index contributed by atoms with van der Waals surface area (Å²) in [6.07, 6.45) is 1.69. The normalized spacial score (nSPS) is 13.7. The highest BCUT2D eigenvalue weighted by Gasteiger charge is 2.27. The van der Waals surface area contributed by atoms with Crippen LogP contribution in [0.1, 0.15) is 51.7 Å². The van der Waals surface area contributed by atoms with Gasteiger partial charge in [0.1, 0.15) is 0 Å². The molecule has 0 saturated heterocycles. The number of ether oxygens (including phenoxy) is 2. The maximum atomic E-state index is 6.52. The van der Waals surface area contributed by atoms with Crippen LogP contribution in [0.15, 0.2) is 24.3 Å². The van der Waals surface area contributed by atoms with Gasteiger partial charge >= 0.3 is 0 Å². The maximum Gasteiger partial charge on any atom is 0.156 e. The molecule has 8 heteroatoms. The SMILES string of the molecule is CC(Br)CCOc1c(Cl)cc(C(C)(C)c2cc(Cl)c(OCCC(C)Br)c(Cl)c2)cc1Cl. The Balaban J connectivity index is 2.30. The summed E-state index contributed by atoms with van der Waals surface area (Å²) in [5.74, 6) is 0.994. The largest absolute Gasteiger partial charge is 0.490 e. The molecule has 0 heterocycles. The van der Waals surface area contributed by atoms with Crippen molar-refractivity contribution in [2.45, 2.75) is 55.6 Å². The quantitative estimate of drug-likeness (QED) is 0.242. The fourth-order valence-electron chi connectivity index (χ4n) is 2.93. The second-order valence-electron chi connectivity index (χ2n) is 8.00. The zero-order valence-corrected chi connectivity index (χ0v) is 24.1. The summed E-state index contributed by atoms with van der Waals surface area (Å²) in [5, 5.41) is 1.88. The highest BCUT2D eigenvalue weighted by Crippen LogP contribution is 2.43. The van der Waals surface area contributed by atoms with E-state index in [9.17, 15) is 0 Å². The van der Waals surface area contributed by atoms with Crippen LogP contribution < -0.4 is 9.47 Å². The molecule has 2 aromatic carbocycles.